The lowest BCUT2D eigenvalue weighted by Gasteiger charge is -2.05. The monoisotopic (exact) mass is 335 g/mol. The molecule has 0 radical (unpaired) electrons. The molecule has 23 heavy (non-hydrogen) atoms. The molecule has 1 aliphatic heterocycles. The summed E-state index contributed by atoms with van der Waals surface area (Å²) in [5.41, 5.74) is 1.17. The van der Waals surface area contributed by atoms with Gasteiger partial charge in [0, 0.05) is 17.1 Å². The minimum atomic E-state index is -0.601. The lowest BCUT2D eigenvalue weighted by Crippen LogP contribution is -2.15. The van der Waals surface area contributed by atoms with Crippen molar-refractivity contribution in [2.75, 3.05) is 24.5 Å². The average Bonchev–Trinajstić information content (AvgIpc) is 3.15. The third-order valence-electron chi connectivity index (χ3n) is 2.94. The van der Waals surface area contributed by atoms with Crippen LogP contribution in [0, 0.1) is 0 Å². The third kappa shape index (κ3) is 3.69. The second kappa shape index (κ2) is 6.53. The minimum Gasteiger partial charge on any atom is -0.454 e. The molecule has 1 aromatic carbocycles. The van der Waals surface area contributed by atoms with Gasteiger partial charge in [0.15, 0.2) is 16.6 Å². The molecule has 1 aliphatic rings. The van der Waals surface area contributed by atoms with Gasteiger partial charge in [-0.15, -0.1) is 11.3 Å². The number of anilines is 2. The molecule has 120 valence electrons. The maximum atomic E-state index is 12.0. The fourth-order valence-corrected chi connectivity index (χ4v) is 2.62. The Labute approximate surface area is 135 Å². The quantitative estimate of drug-likeness (QED) is 0.889. The number of fused-ring (bicyclic) bond motifs is 1. The first-order valence-electron chi connectivity index (χ1n) is 6.63. The summed E-state index contributed by atoms with van der Waals surface area (Å²) in [6, 6.07) is 5.17. The molecule has 0 spiro atoms. The van der Waals surface area contributed by atoms with Crippen molar-refractivity contribution < 1.29 is 23.8 Å². The van der Waals surface area contributed by atoms with Crippen LogP contribution in [0.3, 0.4) is 0 Å². The molecule has 0 atom stereocenters. The van der Waals surface area contributed by atoms with Crippen molar-refractivity contribution in [3.63, 3.8) is 0 Å². The number of aromatic nitrogens is 1. The Hall–Kier alpha value is -2.81. The van der Waals surface area contributed by atoms with Crippen molar-refractivity contribution in [1.29, 1.82) is 0 Å². The van der Waals surface area contributed by atoms with Crippen molar-refractivity contribution in [3.05, 3.63) is 29.3 Å². The van der Waals surface area contributed by atoms with Gasteiger partial charge in [0.1, 0.15) is 0 Å². The fourth-order valence-electron chi connectivity index (χ4n) is 1.93. The van der Waals surface area contributed by atoms with Crippen LogP contribution in [-0.4, -0.2) is 30.9 Å². The van der Waals surface area contributed by atoms with E-state index >= 15 is 0 Å². The molecule has 1 aromatic heterocycles. The van der Waals surface area contributed by atoms with E-state index in [-0.39, 0.29) is 19.1 Å². The number of ether oxygens (including phenoxy) is 3. The molecule has 0 fully saturated rings. The van der Waals surface area contributed by atoms with Gasteiger partial charge in [-0.25, -0.2) is 9.78 Å². The predicted octanol–water partition coefficient (Wildman–Crippen LogP) is 2.23. The highest BCUT2D eigenvalue weighted by Gasteiger charge is 2.15. The van der Waals surface area contributed by atoms with Gasteiger partial charge in [-0.1, -0.05) is 0 Å². The standard InChI is InChI=1S/C14H13N3O5S/c1-20-14(19)17-13-16-9(6-23-13)5-12(18)15-8-2-3-10-11(4-8)22-7-21-10/h2-4,6H,5,7H2,1H3,(H,15,18)(H,16,17,19). The van der Waals surface area contributed by atoms with Crippen molar-refractivity contribution in [2.45, 2.75) is 6.42 Å². The number of rotatable bonds is 4. The lowest BCUT2D eigenvalue weighted by molar-refractivity contribution is -0.115. The van der Waals surface area contributed by atoms with E-state index in [9.17, 15) is 9.59 Å². The molecular weight excluding hydrogens is 322 g/mol. The lowest BCUT2D eigenvalue weighted by atomic mass is 10.2. The maximum absolute atomic E-state index is 12.0. The normalized spacial score (nSPS) is 11.9. The van der Waals surface area contributed by atoms with E-state index in [1.54, 1.807) is 23.6 Å². The highest BCUT2D eigenvalue weighted by molar-refractivity contribution is 7.13. The van der Waals surface area contributed by atoms with Crippen LogP contribution in [0.1, 0.15) is 5.69 Å². The molecular formula is C14H13N3O5S. The number of carbonyl (C=O) groups excluding carboxylic acids is 2. The van der Waals surface area contributed by atoms with E-state index in [1.807, 2.05) is 0 Å². The van der Waals surface area contributed by atoms with Gasteiger partial charge in [0.05, 0.1) is 19.2 Å². The summed E-state index contributed by atoms with van der Waals surface area (Å²) in [5.74, 6) is 1.03. The Morgan fingerprint density at radius 1 is 1.30 bits per heavy atom. The minimum absolute atomic E-state index is 0.0911. The second-order valence-electron chi connectivity index (χ2n) is 4.55. The van der Waals surface area contributed by atoms with Gasteiger partial charge < -0.3 is 19.5 Å². The molecule has 2 heterocycles. The Bertz CT molecular complexity index is 746. The number of amides is 2. The number of benzene rings is 1. The summed E-state index contributed by atoms with van der Waals surface area (Å²) in [5, 5.41) is 7.28. The fraction of sp³-hybridized carbons (Fsp3) is 0.214. The predicted molar refractivity (Wildman–Crippen MR) is 83.0 cm³/mol. The molecule has 0 bridgehead atoms. The van der Waals surface area contributed by atoms with E-state index < -0.39 is 6.09 Å². The number of hydrogen-bond donors (Lipinski definition) is 2. The van der Waals surface area contributed by atoms with Crippen LogP contribution in [0.5, 0.6) is 11.5 Å². The molecule has 0 saturated heterocycles. The summed E-state index contributed by atoms with van der Waals surface area (Å²) >= 11 is 1.22. The van der Waals surface area contributed by atoms with Gasteiger partial charge in [-0.05, 0) is 12.1 Å². The summed E-state index contributed by atoms with van der Waals surface area (Å²) < 4.78 is 14.9. The van der Waals surface area contributed by atoms with Gasteiger partial charge >= 0.3 is 6.09 Å². The first kappa shape index (κ1) is 15.1. The summed E-state index contributed by atoms with van der Waals surface area (Å²) in [7, 11) is 1.27. The topological polar surface area (TPSA) is 98.8 Å². The van der Waals surface area contributed by atoms with Gasteiger partial charge in [-0.3, -0.25) is 10.1 Å². The van der Waals surface area contributed by atoms with Crippen molar-refractivity contribution in [2.24, 2.45) is 0 Å². The third-order valence-corrected chi connectivity index (χ3v) is 3.75. The van der Waals surface area contributed by atoms with E-state index in [0.29, 0.717) is 28.0 Å². The van der Waals surface area contributed by atoms with Crippen LogP contribution < -0.4 is 20.1 Å². The largest absolute Gasteiger partial charge is 0.454 e. The Morgan fingerprint density at radius 3 is 2.96 bits per heavy atom. The zero-order valence-electron chi connectivity index (χ0n) is 12.1. The first-order valence-corrected chi connectivity index (χ1v) is 7.51. The number of nitrogens with zero attached hydrogens (tertiary/aromatic N) is 1. The summed E-state index contributed by atoms with van der Waals surface area (Å²) in [6.45, 7) is 0.182. The van der Waals surface area contributed by atoms with E-state index in [0.717, 1.165) is 0 Å². The smallest absolute Gasteiger partial charge is 0.413 e. The molecule has 0 aliphatic carbocycles. The number of nitrogens with one attached hydrogen (secondary N) is 2. The molecule has 0 unspecified atom stereocenters. The van der Waals surface area contributed by atoms with Crippen LogP contribution in [0.15, 0.2) is 23.6 Å². The van der Waals surface area contributed by atoms with E-state index in [2.05, 4.69) is 20.4 Å². The zero-order chi connectivity index (χ0) is 16.2. The highest BCUT2D eigenvalue weighted by atomic mass is 32.1. The van der Waals surface area contributed by atoms with Crippen LogP contribution in [0.25, 0.3) is 0 Å². The van der Waals surface area contributed by atoms with Crippen molar-refractivity contribution >= 4 is 34.2 Å². The van der Waals surface area contributed by atoms with Crippen LogP contribution in [-0.2, 0) is 16.0 Å². The second-order valence-corrected chi connectivity index (χ2v) is 5.41. The highest BCUT2D eigenvalue weighted by Crippen LogP contribution is 2.34. The summed E-state index contributed by atoms with van der Waals surface area (Å²) in [6.07, 6.45) is -0.510. The van der Waals surface area contributed by atoms with Crippen molar-refractivity contribution in [3.8, 4) is 11.5 Å². The molecule has 3 rings (SSSR count). The van der Waals surface area contributed by atoms with Crippen LogP contribution in [0.2, 0.25) is 0 Å². The first-order chi connectivity index (χ1) is 11.1. The molecule has 2 amide bonds. The maximum Gasteiger partial charge on any atom is 0.413 e. The number of hydrogen-bond acceptors (Lipinski definition) is 7. The molecule has 0 saturated carbocycles. The van der Waals surface area contributed by atoms with Gasteiger partial charge in [-0.2, -0.15) is 0 Å². The molecule has 2 aromatic rings. The van der Waals surface area contributed by atoms with Crippen molar-refractivity contribution in [1.82, 2.24) is 4.98 Å². The van der Waals surface area contributed by atoms with E-state index in [4.69, 9.17) is 9.47 Å². The number of thiazole rings is 1. The number of methoxy groups -OCH3 is 1. The van der Waals surface area contributed by atoms with Gasteiger partial charge in [0.2, 0.25) is 12.7 Å². The number of carbonyl (C=O) groups is 2. The summed E-state index contributed by atoms with van der Waals surface area (Å²) in [4.78, 5) is 27.3. The van der Waals surface area contributed by atoms with Crippen LogP contribution in [0.4, 0.5) is 15.6 Å². The molecule has 8 nitrogen and oxygen atoms in total. The Kier molecular flexibility index (Phi) is 4.29. The van der Waals surface area contributed by atoms with E-state index in [1.165, 1.54) is 18.4 Å². The zero-order valence-corrected chi connectivity index (χ0v) is 12.9. The molecule has 2 N–H and O–H groups in total. The average molecular weight is 335 g/mol. The Balaban J connectivity index is 1.58. The SMILES string of the molecule is COC(=O)Nc1nc(CC(=O)Nc2ccc3c(c2)OCO3)cs1. The van der Waals surface area contributed by atoms with Gasteiger partial charge in [0.25, 0.3) is 0 Å². The van der Waals surface area contributed by atoms with Crippen LogP contribution >= 0.6 is 11.3 Å². The Morgan fingerprint density at radius 2 is 2.13 bits per heavy atom. The molecule has 9 heteroatoms.